The van der Waals surface area contributed by atoms with Crippen molar-refractivity contribution in [3.05, 3.63) is 39.4 Å². The van der Waals surface area contributed by atoms with E-state index in [9.17, 15) is 19.7 Å². The van der Waals surface area contributed by atoms with Gasteiger partial charge in [0.2, 0.25) is 0 Å². The molecule has 1 amide bonds. The molecule has 0 spiro atoms. The molecule has 1 fully saturated rings. The van der Waals surface area contributed by atoms with Crippen molar-refractivity contribution in [1.82, 2.24) is 5.32 Å². The van der Waals surface area contributed by atoms with Gasteiger partial charge in [0.25, 0.3) is 11.6 Å². The van der Waals surface area contributed by atoms with Gasteiger partial charge in [-0.25, -0.2) is 4.79 Å². The summed E-state index contributed by atoms with van der Waals surface area (Å²) in [6.07, 6.45) is 2.09. The second-order valence-corrected chi connectivity index (χ2v) is 7.10. The maximum Gasteiger partial charge on any atom is 0.335 e. The van der Waals surface area contributed by atoms with Crippen molar-refractivity contribution in [2.75, 3.05) is 12.3 Å². The average molecular weight is 324 g/mol. The second-order valence-electron chi connectivity index (χ2n) is 5.42. The van der Waals surface area contributed by atoms with Crippen molar-refractivity contribution >= 4 is 29.3 Å². The van der Waals surface area contributed by atoms with Crippen molar-refractivity contribution in [3.8, 4) is 0 Å². The lowest BCUT2D eigenvalue weighted by Gasteiger charge is -2.22. The Morgan fingerprint density at radius 2 is 2.09 bits per heavy atom. The van der Waals surface area contributed by atoms with E-state index in [1.165, 1.54) is 0 Å². The fourth-order valence-corrected chi connectivity index (χ4v) is 3.56. The SMILES string of the molecule is CC1(CNC(=O)c2cc(C(=O)O)cc([N+](=O)[O-])c2)CCCS1. The number of carbonyl (C=O) groups is 2. The number of non-ortho nitro benzene ring substituents is 1. The number of aromatic carboxylic acids is 1. The third-order valence-electron chi connectivity index (χ3n) is 3.56. The second kappa shape index (κ2) is 6.35. The van der Waals surface area contributed by atoms with Crippen molar-refractivity contribution in [1.29, 1.82) is 0 Å². The van der Waals surface area contributed by atoms with E-state index in [0.717, 1.165) is 36.8 Å². The highest BCUT2D eigenvalue weighted by atomic mass is 32.2. The Morgan fingerprint density at radius 3 is 2.64 bits per heavy atom. The lowest BCUT2D eigenvalue weighted by molar-refractivity contribution is -0.384. The lowest BCUT2D eigenvalue weighted by atomic mass is 10.0. The van der Waals surface area contributed by atoms with Gasteiger partial charge in [-0.15, -0.1) is 0 Å². The van der Waals surface area contributed by atoms with Crippen LogP contribution in [-0.2, 0) is 0 Å². The average Bonchev–Trinajstić information content (AvgIpc) is 2.91. The quantitative estimate of drug-likeness (QED) is 0.635. The largest absolute Gasteiger partial charge is 0.478 e. The molecule has 1 aromatic rings. The summed E-state index contributed by atoms with van der Waals surface area (Å²) < 4.78 is -0.0357. The monoisotopic (exact) mass is 324 g/mol. The molecule has 1 aliphatic rings. The number of carboxylic acids is 1. The summed E-state index contributed by atoms with van der Waals surface area (Å²) in [7, 11) is 0. The predicted octanol–water partition coefficient (Wildman–Crippen LogP) is 2.31. The van der Waals surface area contributed by atoms with E-state index in [2.05, 4.69) is 12.2 Å². The van der Waals surface area contributed by atoms with E-state index in [0.29, 0.717) is 6.54 Å². The minimum absolute atomic E-state index is 0.0156. The zero-order chi connectivity index (χ0) is 16.3. The smallest absolute Gasteiger partial charge is 0.335 e. The Kier molecular flexibility index (Phi) is 4.70. The van der Waals surface area contributed by atoms with Crippen LogP contribution in [0, 0.1) is 10.1 Å². The normalized spacial score (nSPS) is 20.6. The fraction of sp³-hybridized carbons (Fsp3) is 0.429. The molecule has 2 N–H and O–H groups in total. The molecular weight excluding hydrogens is 308 g/mol. The van der Waals surface area contributed by atoms with Crippen LogP contribution < -0.4 is 5.32 Å². The zero-order valence-corrected chi connectivity index (χ0v) is 12.8. The molecule has 0 radical (unpaired) electrons. The van der Waals surface area contributed by atoms with Gasteiger partial charge in [0.1, 0.15) is 0 Å². The molecule has 0 saturated carbocycles. The summed E-state index contributed by atoms with van der Waals surface area (Å²) in [5.74, 6) is -0.761. The Balaban J connectivity index is 2.17. The topological polar surface area (TPSA) is 110 Å². The Labute approximate surface area is 131 Å². The number of nitro benzene ring substituents is 1. The summed E-state index contributed by atoms with van der Waals surface area (Å²) in [5, 5.41) is 22.6. The van der Waals surface area contributed by atoms with Crippen LogP contribution >= 0.6 is 11.8 Å². The van der Waals surface area contributed by atoms with Crippen LogP contribution in [0.3, 0.4) is 0 Å². The zero-order valence-electron chi connectivity index (χ0n) is 12.0. The summed E-state index contributed by atoms with van der Waals surface area (Å²) in [6, 6.07) is 3.17. The molecule has 1 unspecified atom stereocenters. The van der Waals surface area contributed by atoms with Gasteiger partial charge in [-0.1, -0.05) is 0 Å². The molecule has 22 heavy (non-hydrogen) atoms. The Hall–Kier alpha value is -2.09. The maximum absolute atomic E-state index is 12.2. The number of thioether (sulfide) groups is 1. The van der Waals surface area contributed by atoms with Gasteiger partial charge in [0.15, 0.2) is 0 Å². The number of nitrogens with one attached hydrogen (secondary N) is 1. The van der Waals surface area contributed by atoms with E-state index in [4.69, 9.17) is 5.11 Å². The van der Waals surface area contributed by atoms with Crippen LogP contribution in [0.15, 0.2) is 18.2 Å². The molecule has 1 saturated heterocycles. The summed E-state index contributed by atoms with van der Waals surface area (Å²) in [5.41, 5.74) is -0.703. The molecule has 2 rings (SSSR count). The molecule has 118 valence electrons. The van der Waals surface area contributed by atoms with E-state index in [1.807, 2.05) is 0 Å². The van der Waals surface area contributed by atoms with Crippen molar-refractivity contribution in [2.45, 2.75) is 24.5 Å². The van der Waals surface area contributed by atoms with E-state index < -0.39 is 22.5 Å². The number of rotatable bonds is 5. The first kappa shape index (κ1) is 16.3. The summed E-state index contributed by atoms with van der Waals surface area (Å²) in [6.45, 7) is 2.50. The number of amides is 1. The molecule has 0 aliphatic carbocycles. The number of benzene rings is 1. The fourth-order valence-electron chi connectivity index (χ4n) is 2.32. The lowest BCUT2D eigenvalue weighted by Crippen LogP contribution is -2.36. The number of carboxylic acid groups (broad SMARTS) is 1. The standard InChI is InChI=1S/C14H16N2O5S/c1-14(3-2-4-22-14)8-15-12(17)9-5-10(13(18)19)7-11(6-9)16(20)21/h5-7H,2-4,8H2,1H3,(H,15,17)(H,18,19). The van der Waals surface area contributed by atoms with Crippen LogP contribution in [0.1, 0.15) is 40.5 Å². The molecule has 0 bridgehead atoms. The van der Waals surface area contributed by atoms with Gasteiger partial charge >= 0.3 is 5.97 Å². The number of hydrogen-bond acceptors (Lipinski definition) is 5. The highest BCUT2D eigenvalue weighted by Crippen LogP contribution is 2.37. The van der Waals surface area contributed by atoms with Crippen molar-refractivity contribution in [3.63, 3.8) is 0 Å². The Bertz CT molecular complexity index is 593. The number of carbonyl (C=O) groups excluding carboxylic acids is 1. The number of hydrogen-bond donors (Lipinski definition) is 2. The van der Waals surface area contributed by atoms with Gasteiger partial charge in [0, 0.05) is 29.0 Å². The van der Waals surface area contributed by atoms with Crippen LogP contribution in [0.5, 0.6) is 0 Å². The van der Waals surface area contributed by atoms with Crippen LogP contribution in [-0.4, -0.2) is 39.0 Å². The third kappa shape index (κ3) is 3.76. The van der Waals surface area contributed by atoms with Gasteiger partial charge < -0.3 is 10.4 Å². The van der Waals surface area contributed by atoms with Gasteiger partial charge in [-0.05, 0) is 31.6 Å². The first-order valence-corrected chi connectivity index (χ1v) is 7.74. The summed E-state index contributed by atoms with van der Waals surface area (Å²) in [4.78, 5) is 33.3. The minimum Gasteiger partial charge on any atom is -0.478 e. The summed E-state index contributed by atoms with van der Waals surface area (Å²) >= 11 is 1.78. The molecule has 7 nitrogen and oxygen atoms in total. The molecule has 8 heteroatoms. The van der Waals surface area contributed by atoms with E-state index in [1.54, 1.807) is 11.8 Å². The predicted molar refractivity (Wildman–Crippen MR) is 82.5 cm³/mol. The highest BCUT2D eigenvalue weighted by Gasteiger charge is 2.30. The van der Waals surface area contributed by atoms with Crippen LogP contribution in [0.25, 0.3) is 0 Å². The minimum atomic E-state index is -1.31. The molecule has 1 aromatic carbocycles. The molecular formula is C14H16N2O5S. The van der Waals surface area contributed by atoms with Crippen LogP contribution in [0.4, 0.5) is 5.69 Å². The molecule has 1 aliphatic heterocycles. The molecule has 1 atom stereocenters. The van der Waals surface area contributed by atoms with Gasteiger partial charge in [-0.3, -0.25) is 14.9 Å². The highest BCUT2D eigenvalue weighted by molar-refractivity contribution is 8.00. The Morgan fingerprint density at radius 1 is 1.41 bits per heavy atom. The van der Waals surface area contributed by atoms with Crippen molar-refractivity contribution in [2.24, 2.45) is 0 Å². The van der Waals surface area contributed by atoms with E-state index in [-0.39, 0.29) is 15.9 Å². The van der Waals surface area contributed by atoms with Gasteiger partial charge in [-0.2, -0.15) is 11.8 Å². The molecule has 0 aromatic heterocycles. The van der Waals surface area contributed by atoms with Crippen molar-refractivity contribution < 1.29 is 19.6 Å². The first-order valence-electron chi connectivity index (χ1n) is 6.76. The van der Waals surface area contributed by atoms with E-state index >= 15 is 0 Å². The molecule has 1 heterocycles. The van der Waals surface area contributed by atoms with Gasteiger partial charge in [0.05, 0.1) is 10.5 Å². The maximum atomic E-state index is 12.2. The number of nitro groups is 1. The van der Waals surface area contributed by atoms with Crippen LogP contribution in [0.2, 0.25) is 0 Å². The third-order valence-corrected chi connectivity index (χ3v) is 5.10. The number of nitrogens with zero attached hydrogens (tertiary/aromatic N) is 1. The first-order chi connectivity index (χ1) is 10.3.